The number of hydrogen-bond donors (Lipinski definition) is 0. The molecule has 0 aliphatic heterocycles. The third-order valence-electron chi connectivity index (χ3n) is 4.16. The molecule has 0 N–H and O–H groups in total. The number of aryl methyl sites for hydroxylation is 1. The summed E-state index contributed by atoms with van der Waals surface area (Å²) in [7, 11) is 0. The van der Waals surface area contributed by atoms with E-state index in [1.807, 2.05) is 12.1 Å². The number of Topliss-reactive ketones (excluding diaryl/α,β-unsaturated/α-hetero) is 1. The van der Waals surface area contributed by atoms with Gasteiger partial charge < -0.3 is 0 Å². The number of carbonyl (C=O) groups is 2. The molecule has 5 nitrogen and oxygen atoms in total. The number of anilines is 2. The molecule has 0 bridgehead atoms. The minimum Gasteiger partial charge on any atom is -0.288 e. The summed E-state index contributed by atoms with van der Waals surface area (Å²) >= 11 is 1.11. The summed E-state index contributed by atoms with van der Waals surface area (Å²) in [6, 6.07) is 14.8. The Labute approximate surface area is 171 Å². The molecule has 7 heteroatoms. The second-order valence-corrected chi connectivity index (χ2v) is 7.01. The van der Waals surface area contributed by atoms with E-state index in [2.05, 4.69) is 4.98 Å². The lowest BCUT2D eigenvalue weighted by atomic mass is 9.99. The molecule has 144 valence electrons. The number of nitrogens with zero attached hydrogens (tertiary/aromatic N) is 3. The summed E-state index contributed by atoms with van der Waals surface area (Å²) in [6.07, 6.45) is 1.37. The fraction of sp³-hybridized carbons (Fsp3) is 0.0909. The van der Waals surface area contributed by atoms with Crippen LogP contribution in [-0.4, -0.2) is 16.7 Å². The van der Waals surface area contributed by atoms with Gasteiger partial charge in [0.15, 0.2) is 5.13 Å². The molecule has 2 aromatic carbocycles. The maximum atomic E-state index is 14.2. The Balaban J connectivity index is 1.97. The van der Waals surface area contributed by atoms with E-state index >= 15 is 0 Å². The number of para-hydroxylation sites is 1. The third kappa shape index (κ3) is 4.28. The number of allylic oxidation sites excluding steroid dienone is 1. The van der Waals surface area contributed by atoms with Gasteiger partial charge in [0.1, 0.15) is 17.5 Å². The van der Waals surface area contributed by atoms with Crippen molar-refractivity contribution in [1.29, 1.82) is 5.26 Å². The average molecular weight is 405 g/mol. The lowest BCUT2D eigenvalue weighted by Crippen LogP contribution is -2.23. The maximum Gasteiger partial charge on any atom is 0.230 e. The highest BCUT2D eigenvalue weighted by Crippen LogP contribution is 2.31. The standard InChI is InChI=1S/C22H16FN3O2S/c1-14-7-3-4-8-18(14)21(28)16(12-24)11-17-13-29-22(25-17)26(15(2)27)20-10-6-5-9-19(20)23/h3-11,13H,1-2H3/b16-11+. The number of benzene rings is 2. The van der Waals surface area contributed by atoms with Crippen molar-refractivity contribution < 1.29 is 14.0 Å². The first kappa shape index (κ1) is 20.1. The molecule has 0 unspecified atom stereocenters. The summed E-state index contributed by atoms with van der Waals surface area (Å²) in [6.45, 7) is 3.11. The van der Waals surface area contributed by atoms with E-state index in [1.165, 1.54) is 31.2 Å². The van der Waals surface area contributed by atoms with E-state index in [9.17, 15) is 19.2 Å². The summed E-state index contributed by atoms with van der Waals surface area (Å²) < 4.78 is 14.2. The molecule has 0 atom stereocenters. The minimum atomic E-state index is -0.553. The van der Waals surface area contributed by atoms with Crippen LogP contribution in [0.25, 0.3) is 6.08 Å². The van der Waals surface area contributed by atoms with Crippen LogP contribution in [0.2, 0.25) is 0 Å². The number of rotatable bonds is 5. The van der Waals surface area contributed by atoms with Gasteiger partial charge in [-0.25, -0.2) is 9.37 Å². The summed E-state index contributed by atoms with van der Waals surface area (Å²) in [5, 5.41) is 11.3. The van der Waals surface area contributed by atoms with Crippen molar-refractivity contribution in [3.05, 3.63) is 82.1 Å². The molecular formula is C22H16FN3O2S. The molecule has 29 heavy (non-hydrogen) atoms. The second kappa shape index (κ2) is 8.59. The van der Waals surface area contributed by atoms with Gasteiger partial charge in [-0.3, -0.25) is 14.5 Å². The molecule has 0 fully saturated rings. The second-order valence-electron chi connectivity index (χ2n) is 6.17. The zero-order valence-electron chi connectivity index (χ0n) is 15.7. The fourth-order valence-corrected chi connectivity index (χ4v) is 3.59. The quantitative estimate of drug-likeness (QED) is 0.338. The number of aromatic nitrogens is 1. The van der Waals surface area contributed by atoms with Crippen molar-refractivity contribution in [2.24, 2.45) is 0 Å². The molecule has 0 saturated heterocycles. The molecule has 0 aliphatic carbocycles. The largest absolute Gasteiger partial charge is 0.288 e. The molecule has 0 radical (unpaired) electrons. The van der Waals surface area contributed by atoms with Gasteiger partial charge in [-0.15, -0.1) is 11.3 Å². The number of nitriles is 1. The molecule has 0 spiro atoms. The highest BCUT2D eigenvalue weighted by atomic mass is 32.1. The van der Waals surface area contributed by atoms with Crippen molar-refractivity contribution in [1.82, 2.24) is 4.98 Å². The fourth-order valence-electron chi connectivity index (χ4n) is 2.75. The highest BCUT2D eigenvalue weighted by Gasteiger charge is 2.21. The Kier molecular flexibility index (Phi) is 5.96. The van der Waals surface area contributed by atoms with Gasteiger partial charge in [0.05, 0.1) is 11.4 Å². The lowest BCUT2D eigenvalue weighted by Gasteiger charge is -2.18. The van der Waals surface area contributed by atoms with Crippen LogP contribution < -0.4 is 4.90 Å². The first-order valence-electron chi connectivity index (χ1n) is 8.65. The molecule has 3 rings (SSSR count). The van der Waals surface area contributed by atoms with E-state index in [4.69, 9.17) is 0 Å². The van der Waals surface area contributed by atoms with Gasteiger partial charge in [0, 0.05) is 17.9 Å². The van der Waals surface area contributed by atoms with Crippen LogP contribution in [-0.2, 0) is 4.79 Å². The molecule has 1 amide bonds. The Morgan fingerprint density at radius 2 is 1.86 bits per heavy atom. The first-order valence-corrected chi connectivity index (χ1v) is 9.53. The smallest absolute Gasteiger partial charge is 0.230 e. The number of halogens is 1. The van der Waals surface area contributed by atoms with Crippen LogP contribution in [0.4, 0.5) is 15.2 Å². The van der Waals surface area contributed by atoms with Crippen molar-refractivity contribution in [2.45, 2.75) is 13.8 Å². The van der Waals surface area contributed by atoms with Gasteiger partial charge in [-0.2, -0.15) is 5.26 Å². The van der Waals surface area contributed by atoms with Crippen LogP contribution in [0.1, 0.15) is 28.5 Å². The number of ketones is 1. The number of thiazole rings is 1. The Morgan fingerprint density at radius 3 is 2.52 bits per heavy atom. The van der Waals surface area contributed by atoms with E-state index < -0.39 is 17.5 Å². The van der Waals surface area contributed by atoms with E-state index in [-0.39, 0.29) is 16.4 Å². The topological polar surface area (TPSA) is 74.1 Å². The molecule has 1 aromatic heterocycles. The summed E-state index contributed by atoms with van der Waals surface area (Å²) in [4.78, 5) is 30.3. The average Bonchev–Trinajstić information content (AvgIpc) is 3.15. The predicted octanol–water partition coefficient (Wildman–Crippen LogP) is 5.07. The van der Waals surface area contributed by atoms with Crippen LogP contribution in [0, 0.1) is 24.1 Å². The van der Waals surface area contributed by atoms with Crippen molar-refractivity contribution >= 4 is 39.9 Å². The van der Waals surface area contributed by atoms with Crippen molar-refractivity contribution in [3.63, 3.8) is 0 Å². The number of amides is 1. The van der Waals surface area contributed by atoms with Gasteiger partial charge in [-0.1, -0.05) is 36.4 Å². The lowest BCUT2D eigenvalue weighted by molar-refractivity contribution is -0.115. The molecule has 1 heterocycles. The predicted molar refractivity (Wildman–Crippen MR) is 110 cm³/mol. The SMILES string of the molecule is CC(=O)N(c1nc(/C=C(\C#N)C(=O)c2ccccc2C)cs1)c1ccccc1F. The van der Waals surface area contributed by atoms with Gasteiger partial charge in [-0.05, 0) is 30.7 Å². The summed E-state index contributed by atoms with van der Waals surface area (Å²) in [5.41, 5.74) is 1.55. The van der Waals surface area contributed by atoms with Crippen LogP contribution >= 0.6 is 11.3 Å². The molecular weight excluding hydrogens is 389 g/mol. The van der Waals surface area contributed by atoms with Gasteiger partial charge >= 0.3 is 0 Å². The monoisotopic (exact) mass is 405 g/mol. The molecule has 0 saturated carbocycles. The normalized spacial score (nSPS) is 11.0. The zero-order chi connectivity index (χ0) is 21.0. The van der Waals surface area contributed by atoms with Crippen LogP contribution in [0.5, 0.6) is 0 Å². The van der Waals surface area contributed by atoms with Gasteiger partial charge in [0.25, 0.3) is 0 Å². The molecule has 0 aliphatic rings. The van der Waals surface area contributed by atoms with Crippen LogP contribution in [0.15, 0.2) is 59.5 Å². The van der Waals surface area contributed by atoms with E-state index in [0.717, 1.165) is 21.8 Å². The highest BCUT2D eigenvalue weighted by molar-refractivity contribution is 7.14. The Morgan fingerprint density at radius 1 is 1.17 bits per heavy atom. The van der Waals surface area contributed by atoms with Crippen molar-refractivity contribution in [3.8, 4) is 6.07 Å². The third-order valence-corrected chi connectivity index (χ3v) is 5.00. The van der Waals surface area contributed by atoms with Crippen LogP contribution in [0.3, 0.4) is 0 Å². The molecule has 3 aromatic rings. The minimum absolute atomic E-state index is 0.0728. The van der Waals surface area contributed by atoms with Gasteiger partial charge in [0.2, 0.25) is 11.7 Å². The van der Waals surface area contributed by atoms with E-state index in [1.54, 1.807) is 36.6 Å². The maximum absolute atomic E-state index is 14.2. The Hall–Kier alpha value is -3.63. The number of hydrogen-bond acceptors (Lipinski definition) is 5. The van der Waals surface area contributed by atoms with Crippen molar-refractivity contribution in [2.75, 3.05) is 4.90 Å². The van der Waals surface area contributed by atoms with E-state index in [0.29, 0.717) is 11.3 Å². The summed E-state index contributed by atoms with van der Waals surface area (Å²) in [5.74, 6) is -1.36. The Bertz CT molecular complexity index is 1160. The number of carbonyl (C=O) groups excluding carboxylic acids is 2. The zero-order valence-corrected chi connectivity index (χ0v) is 16.5. The first-order chi connectivity index (χ1) is 13.9.